The highest BCUT2D eigenvalue weighted by atomic mass is 32.2. The van der Waals surface area contributed by atoms with Crippen molar-refractivity contribution >= 4 is 11.8 Å². The van der Waals surface area contributed by atoms with Gasteiger partial charge in [0.2, 0.25) is 0 Å². The molecule has 1 saturated heterocycles. The molecular weight excluding hydrogens is 156 g/mol. The number of hydrogen-bond acceptors (Lipinski definition) is 2. The smallest absolute Gasteiger partial charge is 0.0576 e. The average Bonchev–Trinajstić information content (AvgIpc) is 2.07. The van der Waals surface area contributed by atoms with Crippen molar-refractivity contribution in [3.8, 4) is 0 Å². The molecule has 1 aliphatic rings. The van der Waals surface area contributed by atoms with Crippen LogP contribution in [0.5, 0.6) is 0 Å². The fraction of sp³-hybridized carbons (Fsp3) is 1.00. The van der Waals surface area contributed by atoms with Crippen LogP contribution in [0.25, 0.3) is 0 Å². The molecule has 1 nitrogen and oxygen atoms in total. The molecule has 1 N–H and O–H groups in total. The number of aliphatic hydroxyl groups is 1. The van der Waals surface area contributed by atoms with Crippen LogP contribution in [0.15, 0.2) is 0 Å². The van der Waals surface area contributed by atoms with E-state index in [1.807, 2.05) is 11.8 Å². The molecule has 2 heteroatoms. The summed E-state index contributed by atoms with van der Waals surface area (Å²) in [5.41, 5.74) is 0. The molecule has 11 heavy (non-hydrogen) atoms. The first-order chi connectivity index (χ1) is 5.34. The lowest BCUT2D eigenvalue weighted by atomic mass is 9.96. The zero-order chi connectivity index (χ0) is 8.10. The Morgan fingerprint density at radius 2 is 2.45 bits per heavy atom. The summed E-state index contributed by atoms with van der Waals surface area (Å²) in [6.45, 7) is 2.14. The van der Waals surface area contributed by atoms with Gasteiger partial charge in [0.25, 0.3) is 0 Å². The van der Waals surface area contributed by atoms with Gasteiger partial charge in [0.05, 0.1) is 6.10 Å². The Balaban J connectivity index is 2.21. The maximum Gasteiger partial charge on any atom is 0.0576 e. The van der Waals surface area contributed by atoms with Gasteiger partial charge in [-0.05, 0) is 36.7 Å². The van der Waals surface area contributed by atoms with Crippen LogP contribution in [0.3, 0.4) is 0 Å². The largest absolute Gasteiger partial charge is 0.393 e. The fourth-order valence-corrected chi connectivity index (χ4v) is 2.83. The topological polar surface area (TPSA) is 20.2 Å². The van der Waals surface area contributed by atoms with E-state index >= 15 is 0 Å². The quantitative estimate of drug-likeness (QED) is 0.708. The highest BCUT2D eigenvalue weighted by Crippen LogP contribution is 2.26. The third kappa shape index (κ3) is 3.04. The number of hydrogen-bond donors (Lipinski definition) is 1. The SMILES string of the molecule is CCCC(O)C1CCCSC1. The van der Waals surface area contributed by atoms with E-state index in [1.54, 1.807) is 0 Å². The molecule has 0 radical (unpaired) electrons. The lowest BCUT2D eigenvalue weighted by Gasteiger charge is -2.25. The molecule has 1 fully saturated rings. The Morgan fingerprint density at radius 1 is 1.64 bits per heavy atom. The second kappa shape index (κ2) is 5.04. The summed E-state index contributed by atoms with van der Waals surface area (Å²) in [4.78, 5) is 0. The van der Waals surface area contributed by atoms with E-state index in [9.17, 15) is 5.11 Å². The zero-order valence-corrected chi connectivity index (χ0v) is 8.07. The van der Waals surface area contributed by atoms with Crippen molar-refractivity contribution in [2.24, 2.45) is 5.92 Å². The standard InChI is InChI=1S/C9H18OS/c1-2-4-9(10)8-5-3-6-11-7-8/h8-10H,2-7H2,1H3. The first-order valence-corrected chi connectivity index (χ1v) is 5.76. The summed E-state index contributed by atoms with van der Waals surface area (Å²) in [5, 5.41) is 9.66. The van der Waals surface area contributed by atoms with Crippen molar-refractivity contribution in [3.05, 3.63) is 0 Å². The average molecular weight is 174 g/mol. The minimum Gasteiger partial charge on any atom is -0.393 e. The van der Waals surface area contributed by atoms with Gasteiger partial charge in [-0.3, -0.25) is 0 Å². The summed E-state index contributed by atoms with van der Waals surface area (Å²) < 4.78 is 0. The van der Waals surface area contributed by atoms with E-state index in [4.69, 9.17) is 0 Å². The maximum absolute atomic E-state index is 9.66. The third-order valence-electron chi connectivity index (χ3n) is 2.32. The first kappa shape index (κ1) is 9.40. The van der Waals surface area contributed by atoms with E-state index in [-0.39, 0.29) is 6.10 Å². The molecule has 0 aliphatic carbocycles. The third-order valence-corrected chi connectivity index (χ3v) is 3.57. The predicted molar refractivity (Wildman–Crippen MR) is 51.0 cm³/mol. The van der Waals surface area contributed by atoms with Crippen LogP contribution in [-0.4, -0.2) is 22.7 Å². The second-order valence-electron chi connectivity index (χ2n) is 3.33. The van der Waals surface area contributed by atoms with Crippen molar-refractivity contribution in [1.29, 1.82) is 0 Å². The van der Waals surface area contributed by atoms with E-state index in [0.717, 1.165) is 12.8 Å². The van der Waals surface area contributed by atoms with Gasteiger partial charge >= 0.3 is 0 Å². The van der Waals surface area contributed by atoms with Crippen LogP contribution < -0.4 is 0 Å². The Hall–Kier alpha value is 0.310. The Bertz CT molecular complexity index is 99.7. The molecule has 0 spiro atoms. The summed E-state index contributed by atoms with van der Waals surface area (Å²) in [6.07, 6.45) is 4.63. The van der Waals surface area contributed by atoms with Crippen LogP contribution >= 0.6 is 11.8 Å². The monoisotopic (exact) mass is 174 g/mol. The molecular formula is C9H18OS. The zero-order valence-electron chi connectivity index (χ0n) is 7.25. The maximum atomic E-state index is 9.66. The minimum absolute atomic E-state index is 0.0206. The first-order valence-electron chi connectivity index (χ1n) is 4.60. The summed E-state index contributed by atoms with van der Waals surface area (Å²) in [6, 6.07) is 0. The molecule has 0 bridgehead atoms. The van der Waals surface area contributed by atoms with Crippen molar-refractivity contribution in [2.75, 3.05) is 11.5 Å². The highest BCUT2D eigenvalue weighted by Gasteiger charge is 2.20. The van der Waals surface area contributed by atoms with Gasteiger partial charge in [-0.15, -0.1) is 0 Å². The Labute approximate surface area is 73.6 Å². The highest BCUT2D eigenvalue weighted by molar-refractivity contribution is 7.99. The van der Waals surface area contributed by atoms with Crippen LogP contribution in [0.4, 0.5) is 0 Å². The van der Waals surface area contributed by atoms with Crippen molar-refractivity contribution in [2.45, 2.75) is 38.7 Å². The van der Waals surface area contributed by atoms with E-state index in [0.29, 0.717) is 5.92 Å². The van der Waals surface area contributed by atoms with E-state index in [1.165, 1.54) is 24.3 Å². The van der Waals surface area contributed by atoms with Crippen molar-refractivity contribution in [3.63, 3.8) is 0 Å². The van der Waals surface area contributed by atoms with Crippen LogP contribution in [0.2, 0.25) is 0 Å². The molecule has 0 amide bonds. The molecule has 0 aromatic rings. The van der Waals surface area contributed by atoms with Gasteiger partial charge in [0, 0.05) is 0 Å². The van der Waals surface area contributed by atoms with Crippen molar-refractivity contribution < 1.29 is 5.11 Å². The molecule has 0 saturated carbocycles. The summed E-state index contributed by atoms with van der Waals surface area (Å²) in [7, 11) is 0. The lowest BCUT2D eigenvalue weighted by Crippen LogP contribution is -2.25. The van der Waals surface area contributed by atoms with Gasteiger partial charge in [-0.2, -0.15) is 11.8 Å². The molecule has 1 heterocycles. The Morgan fingerprint density at radius 3 is 3.00 bits per heavy atom. The summed E-state index contributed by atoms with van der Waals surface area (Å²) >= 11 is 2.00. The van der Waals surface area contributed by atoms with Crippen LogP contribution in [-0.2, 0) is 0 Å². The van der Waals surface area contributed by atoms with Gasteiger partial charge in [-0.25, -0.2) is 0 Å². The van der Waals surface area contributed by atoms with E-state index in [2.05, 4.69) is 6.92 Å². The molecule has 1 rings (SSSR count). The molecule has 66 valence electrons. The van der Waals surface area contributed by atoms with Crippen LogP contribution in [0, 0.1) is 5.92 Å². The second-order valence-corrected chi connectivity index (χ2v) is 4.48. The van der Waals surface area contributed by atoms with E-state index < -0.39 is 0 Å². The molecule has 1 aliphatic heterocycles. The predicted octanol–water partition coefficient (Wildman–Crippen LogP) is 2.29. The number of rotatable bonds is 3. The van der Waals surface area contributed by atoms with Crippen molar-refractivity contribution in [1.82, 2.24) is 0 Å². The molecule has 0 aromatic heterocycles. The molecule has 0 aromatic carbocycles. The Kier molecular flexibility index (Phi) is 4.31. The number of thioether (sulfide) groups is 1. The normalized spacial score (nSPS) is 28.4. The lowest BCUT2D eigenvalue weighted by molar-refractivity contribution is 0.103. The molecule has 2 unspecified atom stereocenters. The molecule has 2 atom stereocenters. The number of aliphatic hydroxyl groups excluding tert-OH is 1. The van der Waals surface area contributed by atoms with Gasteiger partial charge in [0.15, 0.2) is 0 Å². The minimum atomic E-state index is -0.0206. The fourth-order valence-electron chi connectivity index (χ4n) is 1.60. The van der Waals surface area contributed by atoms with Gasteiger partial charge < -0.3 is 5.11 Å². The van der Waals surface area contributed by atoms with Gasteiger partial charge in [0.1, 0.15) is 0 Å². The summed E-state index contributed by atoms with van der Waals surface area (Å²) in [5.74, 6) is 3.07. The van der Waals surface area contributed by atoms with Crippen LogP contribution in [0.1, 0.15) is 32.6 Å². The van der Waals surface area contributed by atoms with Gasteiger partial charge in [-0.1, -0.05) is 13.3 Å².